The Morgan fingerprint density at radius 3 is 2.26 bits per heavy atom. The van der Waals surface area contributed by atoms with Crippen LogP contribution < -0.4 is 4.90 Å². The van der Waals surface area contributed by atoms with Crippen molar-refractivity contribution in [1.82, 2.24) is 9.21 Å². The highest BCUT2D eigenvalue weighted by molar-refractivity contribution is 7.89. The summed E-state index contributed by atoms with van der Waals surface area (Å²) < 4.78 is 37.3. The van der Waals surface area contributed by atoms with Crippen LogP contribution in [0.2, 0.25) is 0 Å². The molecule has 0 bridgehead atoms. The fraction of sp³-hybridized carbons (Fsp3) is 0.500. The summed E-state index contributed by atoms with van der Waals surface area (Å²) in [4.78, 5) is 28.8. The third-order valence-corrected chi connectivity index (χ3v) is 7.75. The van der Waals surface area contributed by atoms with Gasteiger partial charge in [0.05, 0.1) is 6.61 Å². The molecule has 0 spiro atoms. The maximum atomic E-state index is 13.2. The molecule has 2 aromatic rings. The normalized spacial score (nSPS) is 15.2. The van der Waals surface area contributed by atoms with Crippen molar-refractivity contribution < 1.29 is 27.2 Å². The Morgan fingerprint density at radius 1 is 1.06 bits per heavy atom. The maximum absolute atomic E-state index is 13.2. The predicted octanol–water partition coefficient (Wildman–Crippen LogP) is 2.97. The van der Waals surface area contributed by atoms with Crippen molar-refractivity contribution in [1.29, 1.82) is 0 Å². The van der Waals surface area contributed by atoms with Gasteiger partial charge in [-0.05, 0) is 56.5 Å². The minimum atomic E-state index is -3.89. The first-order valence-corrected chi connectivity index (χ1v) is 12.9. The largest absolute Gasteiger partial charge is 0.460 e. The number of carbonyl (C=O) groups is 2. The smallest absolute Gasteiger partial charge is 0.374 e. The third-order valence-electron chi connectivity index (χ3n) is 5.97. The minimum Gasteiger partial charge on any atom is -0.460 e. The van der Waals surface area contributed by atoms with Gasteiger partial charge in [0.15, 0.2) is 0 Å². The van der Waals surface area contributed by atoms with E-state index < -0.39 is 16.0 Å². The van der Waals surface area contributed by atoms with Crippen LogP contribution in [-0.2, 0) is 26.1 Å². The molecule has 3 rings (SSSR count). The van der Waals surface area contributed by atoms with Crippen molar-refractivity contribution in [3.05, 3.63) is 47.7 Å². The summed E-state index contributed by atoms with van der Waals surface area (Å²) in [5, 5.41) is -0.295. The molecule has 1 aliphatic rings. The number of amides is 1. The molecule has 0 atom stereocenters. The van der Waals surface area contributed by atoms with Crippen LogP contribution >= 0.6 is 0 Å². The molecule has 2 heterocycles. The molecule has 9 nitrogen and oxygen atoms in total. The minimum absolute atomic E-state index is 0.0406. The Morgan fingerprint density at radius 2 is 1.71 bits per heavy atom. The molecule has 34 heavy (non-hydrogen) atoms. The molecule has 0 aliphatic carbocycles. The highest BCUT2D eigenvalue weighted by Crippen LogP contribution is 2.27. The van der Waals surface area contributed by atoms with Gasteiger partial charge in [-0.15, -0.1) is 0 Å². The lowest BCUT2D eigenvalue weighted by Crippen LogP contribution is -2.44. The number of hydrogen-bond donors (Lipinski definition) is 0. The zero-order valence-corrected chi connectivity index (χ0v) is 21.0. The van der Waals surface area contributed by atoms with E-state index in [2.05, 4.69) is 0 Å². The Kier molecular flexibility index (Phi) is 8.37. The first-order valence-electron chi connectivity index (χ1n) is 11.5. The maximum Gasteiger partial charge on any atom is 0.374 e. The monoisotopic (exact) mass is 491 g/mol. The molecule has 0 saturated carbocycles. The highest BCUT2D eigenvalue weighted by atomic mass is 32.2. The topological polar surface area (TPSA) is 100 Å². The molecule has 0 N–H and O–H groups in total. The summed E-state index contributed by atoms with van der Waals surface area (Å²) in [5.74, 6) is -1.05. The van der Waals surface area contributed by atoms with E-state index >= 15 is 0 Å². The second-order valence-electron chi connectivity index (χ2n) is 8.43. The fourth-order valence-corrected chi connectivity index (χ4v) is 5.35. The standard InChI is InChI=1S/C24H33N3O6S/c1-5-26(17-18-7-9-20(10-8-18)25(3)4)23(28)19-13-15-27(16-14-19)34(30,31)22-12-11-21(33-22)24(29)32-6-2/h7-12,19H,5-6,13-17H2,1-4H3. The molecule has 1 aromatic heterocycles. The van der Waals surface area contributed by atoms with Crippen molar-refractivity contribution in [2.45, 2.75) is 38.3 Å². The summed E-state index contributed by atoms with van der Waals surface area (Å²) in [6.45, 7) is 5.29. The average Bonchev–Trinajstić information content (AvgIpc) is 3.34. The zero-order chi connectivity index (χ0) is 24.9. The molecule has 1 aliphatic heterocycles. The van der Waals surface area contributed by atoms with E-state index in [1.807, 2.05) is 55.1 Å². The molecule has 10 heteroatoms. The number of rotatable bonds is 9. The van der Waals surface area contributed by atoms with Gasteiger partial charge in [0.25, 0.3) is 10.0 Å². The van der Waals surface area contributed by atoms with Gasteiger partial charge in [-0.2, -0.15) is 4.31 Å². The second kappa shape index (κ2) is 11.1. The van der Waals surface area contributed by atoms with Crippen molar-refractivity contribution in [2.75, 3.05) is 45.2 Å². The summed E-state index contributed by atoms with van der Waals surface area (Å²) in [7, 11) is 0.0673. The summed E-state index contributed by atoms with van der Waals surface area (Å²) in [5.41, 5.74) is 2.15. The van der Waals surface area contributed by atoms with Gasteiger partial charge >= 0.3 is 5.97 Å². The first kappa shape index (κ1) is 25.8. The number of furan rings is 1. The van der Waals surface area contributed by atoms with Crippen molar-refractivity contribution >= 4 is 27.6 Å². The van der Waals surface area contributed by atoms with E-state index in [4.69, 9.17) is 9.15 Å². The predicted molar refractivity (Wildman–Crippen MR) is 128 cm³/mol. The van der Waals surface area contributed by atoms with Gasteiger partial charge in [-0.25, -0.2) is 13.2 Å². The lowest BCUT2D eigenvalue weighted by molar-refractivity contribution is -0.137. The van der Waals surface area contributed by atoms with Crippen molar-refractivity contribution in [3.63, 3.8) is 0 Å². The Bertz CT molecular complexity index is 1090. The van der Waals surface area contributed by atoms with Gasteiger partial charge < -0.3 is 19.0 Å². The zero-order valence-electron chi connectivity index (χ0n) is 20.2. The Hall–Kier alpha value is -2.85. The molecule has 1 aromatic carbocycles. The van der Waals surface area contributed by atoms with E-state index in [1.54, 1.807) is 6.92 Å². The van der Waals surface area contributed by atoms with Crippen LogP contribution in [-0.4, -0.2) is 69.8 Å². The molecular formula is C24H33N3O6S. The molecule has 1 fully saturated rings. The van der Waals surface area contributed by atoms with Crippen LogP contribution in [0.15, 0.2) is 45.9 Å². The molecule has 0 unspecified atom stereocenters. The van der Waals surface area contributed by atoms with Gasteiger partial charge in [-0.3, -0.25) is 4.79 Å². The lowest BCUT2D eigenvalue weighted by Gasteiger charge is -2.33. The van der Waals surface area contributed by atoms with Crippen LogP contribution in [0.25, 0.3) is 0 Å². The Labute approximate surface area is 201 Å². The number of ether oxygens (including phenoxy) is 1. The van der Waals surface area contributed by atoms with E-state index in [0.717, 1.165) is 11.3 Å². The Balaban J connectivity index is 1.60. The molecule has 1 amide bonds. The van der Waals surface area contributed by atoms with Crippen LogP contribution in [0, 0.1) is 5.92 Å². The molecule has 1 saturated heterocycles. The fourth-order valence-electron chi connectivity index (χ4n) is 3.96. The third kappa shape index (κ3) is 5.79. The number of hydrogen-bond acceptors (Lipinski definition) is 7. The number of carbonyl (C=O) groups excluding carboxylic acids is 2. The van der Waals surface area contributed by atoms with Gasteiger partial charge in [-0.1, -0.05) is 12.1 Å². The van der Waals surface area contributed by atoms with E-state index in [-0.39, 0.29) is 42.4 Å². The summed E-state index contributed by atoms with van der Waals surface area (Å²) in [6, 6.07) is 10.7. The summed E-state index contributed by atoms with van der Waals surface area (Å²) >= 11 is 0. The number of piperidine rings is 1. The van der Waals surface area contributed by atoms with E-state index in [0.29, 0.717) is 25.9 Å². The van der Waals surface area contributed by atoms with Crippen molar-refractivity contribution in [3.8, 4) is 0 Å². The van der Waals surface area contributed by atoms with Crippen LogP contribution in [0.5, 0.6) is 0 Å². The lowest BCUT2D eigenvalue weighted by atomic mass is 9.96. The van der Waals surface area contributed by atoms with Crippen molar-refractivity contribution in [2.24, 2.45) is 5.92 Å². The van der Waals surface area contributed by atoms with Crippen LogP contribution in [0.1, 0.15) is 42.8 Å². The van der Waals surface area contributed by atoms with Crippen LogP contribution in [0.3, 0.4) is 0 Å². The first-order chi connectivity index (χ1) is 16.2. The SMILES string of the molecule is CCOC(=O)c1ccc(S(=O)(=O)N2CCC(C(=O)N(CC)Cc3ccc(N(C)C)cc3)CC2)o1. The highest BCUT2D eigenvalue weighted by Gasteiger charge is 2.35. The molecule has 0 radical (unpaired) electrons. The number of anilines is 1. The van der Waals surface area contributed by atoms with Crippen LogP contribution in [0.4, 0.5) is 5.69 Å². The summed E-state index contributed by atoms with van der Waals surface area (Å²) in [6.07, 6.45) is 0.860. The number of benzene rings is 1. The quantitative estimate of drug-likeness (QED) is 0.497. The molecule has 186 valence electrons. The van der Waals surface area contributed by atoms with E-state index in [1.165, 1.54) is 16.4 Å². The van der Waals surface area contributed by atoms with Gasteiger partial charge in [0.2, 0.25) is 16.8 Å². The number of sulfonamides is 1. The van der Waals surface area contributed by atoms with Gasteiger partial charge in [0.1, 0.15) is 0 Å². The number of esters is 1. The molecular weight excluding hydrogens is 458 g/mol. The number of nitrogens with zero attached hydrogens (tertiary/aromatic N) is 3. The van der Waals surface area contributed by atoms with E-state index in [9.17, 15) is 18.0 Å². The van der Waals surface area contributed by atoms with Gasteiger partial charge in [0, 0.05) is 51.9 Å². The average molecular weight is 492 g/mol. The second-order valence-corrected chi connectivity index (χ2v) is 10.3.